The first-order valence-electron chi connectivity index (χ1n) is 7.12. The van der Waals surface area contributed by atoms with Crippen LogP contribution in [0.3, 0.4) is 0 Å². The third-order valence-corrected chi connectivity index (χ3v) is 4.23. The van der Waals surface area contributed by atoms with E-state index in [0.717, 1.165) is 5.56 Å². The highest BCUT2D eigenvalue weighted by atomic mass is 35.5. The van der Waals surface area contributed by atoms with E-state index in [2.05, 4.69) is 5.32 Å². The first kappa shape index (κ1) is 18.1. The van der Waals surface area contributed by atoms with Gasteiger partial charge in [-0.05, 0) is 37.6 Å². The first-order valence-corrected chi connectivity index (χ1v) is 7.87. The van der Waals surface area contributed by atoms with E-state index in [0.29, 0.717) is 16.4 Å². The minimum atomic E-state index is -1.03. The van der Waals surface area contributed by atoms with Crippen LogP contribution in [0.25, 0.3) is 0 Å². The molecule has 1 unspecified atom stereocenters. The number of esters is 1. The van der Waals surface area contributed by atoms with Gasteiger partial charge in [-0.25, -0.2) is 4.79 Å². The number of para-hydroxylation sites is 1. The van der Waals surface area contributed by atoms with Crippen molar-refractivity contribution in [3.8, 4) is 0 Å². The van der Waals surface area contributed by atoms with Gasteiger partial charge in [-0.1, -0.05) is 41.4 Å². The van der Waals surface area contributed by atoms with Gasteiger partial charge in [0.25, 0.3) is 5.91 Å². The summed E-state index contributed by atoms with van der Waals surface area (Å²) in [7, 11) is 0. The molecule has 2 rings (SSSR count). The Morgan fingerprint density at radius 1 is 1.17 bits per heavy atom. The van der Waals surface area contributed by atoms with Gasteiger partial charge in [0.1, 0.15) is 0 Å². The van der Waals surface area contributed by atoms with Gasteiger partial charge in [0.2, 0.25) is 0 Å². The highest BCUT2D eigenvalue weighted by Gasteiger charge is 2.21. The molecule has 0 spiro atoms. The monoisotopic (exact) mass is 366 g/mol. The number of nitrogen functional groups attached to an aromatic ring is 1. The zero-order valence-corrected chi connectivity index (χ0v) is 14.6. The van der Waals surface area contributed by atoms with Crippen LogP contribution in [0.4, 0.5) is 11.4 Å². The van der Waals surface area contributed by atoms with Crippen LogP contribution >= 0.6 is 23.2 Å². The number of halogens is 2. The van der Waals surface area contributed by atoms with Gasteiger partial charge < -0.3 is 15.8 Å². The van der Waals surface area contributed by atoms with Crippen molar-refractivity contribution in [1.29, 1.82) is 0 Å². The predicted molar refractivity (Wildman–Crippen MR) is 95.6 cm³/mol. The Balaban J connectivity index is 2.07. The number of aryl methyl sites for hydroxylation is 1. The fourth-order valence-electron chi connectivity index (χ4n) is 1.97. The standard InChI is InChI=1S/C17H16Cl2N2O3/c1-9-5-3-6-11(15(9)20)17(23)24-10(2)16(22)21-13-8-4-7-12(18)14(13)19/h3-8,10H,20H2,1-2H3,(H,21,22). The molecule has 2 aromatic rings. The van der Waals surface area contributed by atoms with Crippen molar-refractivity contribution in [1.82, 2.24) is 0 Å². The summed E-state index contributed by atoms with van der Waals surface area (Å²) in [5, 5.41) is 3.10. The van der Waals surface area contributed by atoms with Gasteiger partial charge in [-0.2, -0.15) is 0 Å². The maximum atomic E-state index is 12.2. The minimum absolute atomic E-state index is 0.217. The van der Waals surface area contributed by atoms with Gasteiger partial charge in [0.05, 0.1) is 21.3 Å². The molecule has 0 aliphatic heterocycles. The average molecular weight is 367 g/mol. The van der Waals surface area contributed by atoms with Gasteiger partial charge in [-0.3, -0.25) is 4.79 Å². The molecule has 1 amide bonds. The molecule has 3 N–H and O–H groups in total. The summed E-state index contributed by atoms with van der Waals surface area (Å²) in [6.07, 6.45) is -1.03. The lowest BCUT2D eigenvalue weighted by Crippen LogP contribution is -2.30. The Kier molecular flexibility index (Phi) is 5.70. The van der Waals surface area contributed by atoms with Crippen molar-refractivity contribution >= 4 is 46.5 Å². The molecular weight excluding hydrogens is 351 g/mol. The van der Waals surface area contributed by atoms with Crippen LogP contribution in [0.5, 0.6) is 0 Å². The van der Waals surface area contributed by atoms with E-state index in [1.54, 1.807) is 43.3 Å². The van der Waals surface area contributed by atoms with Crippen LogP contribution < -0.4 is 11.1 Å². The molecule has 7 heteroatoms. The molecule has 0 saturated heterocycles. The molecule has 2 aromatic carbocycles. The zero-order valence-electron chi connectivity index (χ0n) is 13.1. The van der Waals surface area contributed by atoms with Crippen molar-refractivity contribution in [2.24, 2.45) is 0 Å². The highest BCUT2D eigenvalue weighted by Crippen LogP contribution is 2.29. The Morgan fingerprint density at radius 3 is 2.54 bits per heavy atom. The maximum Gasteiger partial charge on any atom is 0.341 e. The van der Waals surface area contributed by atoms with Gasteiger partial charge >= 0.3 is 5.97 Å². The number of nitrogens with two attached hydrogens (primary N) is 1. The van der Waals surface area contributed by atoms with E-state index < -0.39 is 18.0 Å². The van der Waals surface area contributed by atoms with Gasteiger partial charge in [0, 0.05) is 5.69 Å². The van der Waals surface area contributed by atoms with Crippen molar-refractivity contribution in [2.45, 2.75) is 20.0 Å². The fourth-order valence-corrected chi connectivity index (χ4v) is 2.32. The number of benzene rings is 2. The van der Waals surface area contributed by atoms with E-state index in [9.17, 15) is 9.59 Å². The second kappa shape index (κ2) is 7.55. The van der Waals surface area contributed by atoms with Crippen LogP contribution in [0.1, 0.15) is 22.8 Å². The molecule has 126 valence electrons. The van der Waals surface area contributed by atoms with Crippen LogP contribution in [-0.4, -0.2) is 18.0 Å². The molecule has 0 aliphatic rings. The zero-order chi connectivity index (χ0) is 17.9. The molecule has 0 fully saturated rings. The summed E-state index contributed by atoms with van der Waals surface area (Å²) < 4.78 is 5.17. The Bertz CT molecular complexity index is 793. The summed E-state index contributed by atoms with van der Waals surface area (Å²) in [5.74, 6) is -1.20. The lowest BCUT2D eigenvalue weighted by atomic mass is 10.1. The van der Waals surface area contributed by atoms with E-state index >= 15 is 0 Å². The summed E-state index contributed by atoms with van der Waals surface area (Å²) in [4.78, 5) is 24.4. The quantitative estimate of drug-likeness (QED) is 0.631. The Morgan fingerprint density at radius 2 is 1.83 bits per heavy atom. The summed E-state index contributed by atoms with van der Waals surface area (Å²) in [6, 6.07) is 9.86. The highest BCUT2D eigenvalue weighted by molar-refractivity contribution is 6.44. The van der Waals surface area contributed by atoms with Crippen molar-refractivity contribution < 1.29 is 14.3 Å². The molecule has 0 aliphatic carbocycles. The van der Waals surface area contributed by atoms with E-state index in [1.807, 2.05) is 0 Å². The number of rotatable bonds is 4. The SMILES string of the molecule is Cc1cccc(C(=O)OC(C)C(=O)Nc2cccc(Cl)c2Cl)c1N. The van der Waals surface area contributed by atoms with Crippen LogP contribution in [-0.2, 0) is 9.53 Å². The topological polar surface area (TPSA) is 81.4 Å². The van der Waals surface area contributed by atoms with Crippen LogP contribution in [0.2, 0.25) is 10.0 Å². The Hall–Kier alpha value is -2.24. The number of carbonyl (C=O) groups is 2. The van der Waals surface area contributed by atoms with Crippen LogP contribution in [0, 0.1) is 6.92 Å². The lowest BCUT2D eigenvalue weighted by molar-refractivity contribution is -0.123. The average Bonchev–Trinajstić information content (AvgIpc) is 2.54. The third kappa shape index (κ3) is 3.99. The van der Waals surface area contributed by atoms with Gasteiger partial charge in [-0.15, -0.1) is 0 Å². The number of ether oxygens (including phenoxy) is 1. The number of anilines is 2. The molecule has 0 heterocycles. The molecule has 0 radical (unpaired) electrons. The normalized spacial score (nSPS) is 11.7. The van der Waals surface area contributed by atoms with Crippen molar-refractivity contribution in [3.05, 3.63) is 57.6 Å². The van der Waals surface area contributed by atoms with Crippen molar-refractivity contribution in [2.75, 3.05) is 11.1 Å². The van der Waals surface area contributed by atoms with Crippen molar-refractivity contribution in [3.63, 3.8) is 0 Å². The largest absolute Gasteiger partial charge is 0.449 e. The van der Waals surface area contributed by atoms with E-state index in [-0.39, 0.29) is 10.6 Å². The van der Waals surface area contributed by atoms with E-state index in [1.165, 1.54) is 6.92 Å². The second-order valence-electron chi connectivity index (χ2n) is 5.17. The lowest BCUT2D eigenvalue weighted by Gasteiger charge is -2.15. The predicted octanol–water partition coefficient (Wildman–Crippen LogP) is 4.07. The van der Waals surface area contributed by atoms with Crippen LogP contribution in [0.15, 0.2) is 36.4 Å². The Labute approximate surface area is 149 Å². The molecule has 0 aromatic heterocycles. The number of hydrogen-bond acceptors (Lipinski definition) is 4. The minimum Gasteiger partial charge on any atom is -0.449 e. The summed E-state index contributed by atoms with van der Waals surface area (Å²) in [5.41, 5.74) is 7.50. The number of hydrogen-bond donors (Lipinski definition) is 2. The molecule has 1 atom stereocenters. The first-order chi connectivity index (χ1) is 11.3. The smallest absolute Gasteiger partial charge is 0.341 e. The maximum absolute atomic E-state index is 12.2. The second-order valence-corrected chi connectivity index (χ2v) is 5.96. The number of nitrogens with one attached hydrogen (secondary N) is 1. The molecule has 5 nitrogen and oxygen atoms in total. The molecule has 24 heavy (non-hydrogen) atoms. The number of amides is 1. The fraction of sp³-hybridized carbons (Fsp3) is 0.176. The van der Waals surface area contributed by atoms with E-state index in [4.69, 9.17) is 33.7 Å². The molecular formula is C17H16Cl2N2O3. The molecule has 0 bridgehead atoms. The van der Waals surface area contributed by atoms with Gasteiger partial charge in [0.15, 0.2) is 6.10 Å². The number of carbonyl (C=O) groups excluding carboxylic acids is 2. The molecule has 0 saturated carbocycles. The summed E-state index contributed by atoms with van der Waals surface area (Å²) in [6.45, 7) is 3.24. The third-order valence-electron chi connectivity index (χ3n) is 3.41. The summed E-state index contributed by atoms with van der Waals surface area (Å²) >= 11 is 11.9.